The van der Waals surface area contributed by atoms with Gasteiger partial charge in [0.25, 0.3) is 0 Å². The summed E-state index contributed by atoms with van der Waals surface area (Å²) in [5.74, 6) is -0.127. The number of likely N-dealkylation sites (tertiary alicyclic amines) is 1. The second-order valence-corrected chi connectivity index (χ2v) is 10.0. The molecule has 144 valence electrons. The Bertz CT molecular complexity index is 587. The number of aliphatic hydroxyl groups excluding tert-OH is 1. The normalized spacial score (nSPS) is 33.9. The molecule has 0 aromatic heterocycles. The molecule has 2 rings (SSSR count). The highest BCUT2D eigenvalue weighted by Gasteiger charge is 2.35. The summed E-state index contributed by atoms with van der Waals surface area (Å²) in [5, 5.41) is 13.6. The molecular weight excluding hydrogens is 387 g/mol. The summed E-state index contributed by atoms with van der Waals surface area (Å²) in [7, 11) is -3.27. The number of sulfone groups is 1. The maximum absolute atomic E-state index is 12.4. The Hall–Kier alpha value is -0.340. The molecule has 1 saturated heterocycles. The number of hydrogen-bond donors (Lipinski definition) is 2. The number of hydrogen-bond acceptors (Lipinski definition) is 5. The van der Waals surface area contributed by atoms with Gasteiger partial charge in [0, 0.05) is 24.5 Å². The Labute approximate surface area is 159 Å². The molecule has 9 heteroatoms. The van der Waals surface area contributed by atoms with Gasteiger partial charge in [-0.3, -0.25) is 4.79 Å². The molecule has 0 radical (unpaired) electrons. The Kier molecular flexibility index (Phi) is 7.58. The van der Waals surface area contributed by atoms with Crippen molar-refractivity contribution in [2.75, 3.05) is 25.4 Å². The fourth-order valence-electron chi connectivity index (χ4n) is 3.46. The van der Waals surface area contributed by atoms with Crippen molar-refractivity contribution in [3.8, 4) is 0 Å². The van der Waals surface area contributed by atoms with E-state index < -0.39 is 15.9 Å². The van der Waals surface area contributed by atoms with Crippen LogP contribution in [0.2, 0.25) is 0 Å². The number of carbonyl (C=O) groups excluding carboxylic acids is 1. The number of aliphatic hydroxyl groups is 1. The van der Waals surface area contributed by atoms with Crippen molar-refractivity contribution in [2.45, 2.75) is 48.6 Å². The van der Waals surface area contributed by atoms with Crippen LogP contribution in [0.1, 0.15) is 25.7 Å². The largest absolute Gasteiger partial charge is 0.391 e. The molecule has 2 N–H and O–H groups in total. The SMILES string of the molecule is C=CS(=O)(=O)C[C@H]1CCCN(C(=O)CNC2CC(Cl)C(Cl)CC2O)C1. The van der Waals surface area contributed by atoms with E-state index in [0.717, 1.165) is 18.2 Å². The van der Waals surface area contributed by atoms with Crippen LogP contribution in [0.3, 0.4) is 0 Å². The van der Waals surface area contributed by atoms with Crippen LogP contribution in [0.5, 0.6) is 0 Å². The quantitative estimate of drug-likeness (QED) is 0.638. The smallest absolute Gasteiger partial charge is 0.236 e. The van der Waals surface area contributed by atoms with Crippen molar-refractivity contribution in [2.24, 2.45) is 5.92 Å². The van der Waals surface area contributed by atoms with Crippen LogP contribution < -0.4 is 5.32 Å². The van der Waals surface area contributed by atoms with Crippen molar-refractivity contribution in [1.82, 2.24) is 10.2 Å². The van der Waals surface area contributed by atoms with Gasteiger partial charge in [-0.15, -0.1) is 23.2 Å². The number of nitrogens with zero attached hydrogens (tertiary/aromatic N) is 1. The molecule has 1 heterocycles. The topological polar surface area (TPSA) is 86.7 Å². The summed E-state index contributed by atoms with van der Waals surface area (Å²) in [5.41, 5.74) is 0. The van der Waals surface area contributed by atoms with Gasteiger partial charge < -0.3 is 15.3 Å². The lowest BCUT2D eigenvalue weighted by molar-refractivity contribution is -0.132. The van der Waals surface area contributed by atoms with Gasteiger partial charge in [-0.05, 0) is 31.6 Å². The Balaban J connectivity index is 1.83. The van der Waals surface area contributed by atoms with Crippen LogP contribution in [0, 0.1) is 5.92 Å². The van der Waals surface area contributed by atoms with E-state index in [1.165, 1.54) is 0 Å². The van der Waals surface area contributed by atoms with Gasteiger partial charge in [0.15, 0.2) is 9.84 Å². The first kappa shape index (κ1) is 21.0. The van der Waals surface area contributed by atoms with Gasteiger partial charge in [-0.25, -0.2) is 8.42 Å². The highest BCUT2D eigenvalue weighted by molar-refractivity contribution is 7.94. The molecule has 1 amide bonds. The number of piperidine rings is 1. The van der Waals surface area contributed by atoms with Gasteiger partial charge in [0.1, 0.15) is 0 Å². The molecular formula is C16H26Cl2N2O4S. The minimum atomic E-state index is -3.27. The van der Waals surface area contributed by atoms with Crippen molar-refractivity contribution >= 4 is 38.9 Å². The minimum Gasteiger partial charge on any atom is -0.391 e. The first-order valence-electron chi connectivity index (χ1n) is 8.54. The second kappa shape index (κ2) is 9.04. The molecule has 1 aliphatic carbocycles. The maximum atomic E-state index is 12.4. The number of rotatable bonds is 6. The van der Waals surface area contributed by atoms with Gasteiger partial charge in [0.2, 0.25) is 5.91 Å². The highest BCUT2D eigenvalue weighted by Crippen LogP contribution is 2.28. The Morgan fingerprint density at radius 2 is 2.00 bits per heavy atom. The van der Waals surface area contributed by atoms with E-state index in [9.17, 15) is 18.3 Å². The third kappa shape index (κ3) is 6.10. The van der Waals surface area contributed by atoms with Gasteiger partial charge >= 0.3 is 0 Å². The lowest BCUT2D eigenvalue weighted by Crippen LogP contribution is -2.52. The lowest BCUT2D eigenvalue weighted by atomic mass is 9.91. The monoisotopic (exact) mass is 412 g/mol. The molecule has 5 atom stereocenters. The predicted octanol–water partition coefficient (Wildman–Crippen LogP) is 1.11. The molecule has 0 aromatic rings. The molecule has 4 unspecified atom stereocenters. The van der Waals surface area contributed by atoms with E-state index in [1.54, 1.807) is 4.90 Å². The van der Waals surface area contributed by atoms with Crippen molar-refractivity contribution in [3.05, 3.63) is 12.0 Å². The first-order chi connectivity index (χ1) is 11.7. The maximum Gasteiger partial charge on any atom is 0.236 e. The fourth-order valence-corrected chi connectivity index (χ4v) is 5.11. The number of alkyl halides is 2. The number of nitrogens with one attached hydrogen (secondary N) is 1. The second-order valence-electron chi connectivity index (χ2n) is 6.90. The van der Waals surface area contributed by atoms with E-state index in [4.69, 9.17) is 23.2 Å². The third-order valence-corrected chi connectivity index (χ3v) is 7.45. The van der Waals surface area contributed by atoms with Crippen LogP contribution in [-0.2, 0) is 14.6 Å². The van der Waals surface area contributed by atoms with E-state index in [1.807, 2.05) is 0 Å². The molecule has 6 nitrogen and oxygen atoms in total. The highest BCUT2D eigenvalue weighted by atomic mass is 35.5. The van der Waals surface area contributed by atoms with Crippen LogP contribution >= 0.6 is 23.2 Å². The van der Waals surface area contributed by atoms with E-state index in [-0.39, 0.29) is 40.9 Å². The van der Waals surface area contributed by atoms with E-state index >= 15 is 0 Å². The lowest BCUT2D eigenvalue weighted by Gasteiger charge is -2.36. The van der Waals surface area contributed by atoms with Crippen molar-refractivity contribution in [1.29, 1.82) is 0 Å². The van der Waals surface area contributed by atoms with Crippen molar-refractivity contribution in [3.63, 3.8) is 0 Å². The number of amides is 1. The molecule has 2 fully saturated rings. The van der Waals surface area contributed by atoms with Crippen LogP contribution in [0.25, 0.3) is 0 Å². The van der Waals surface area contributed by atoms with E-state index in [0.29, 0.717) is 25.9 Å². The van der Waals surface area contributed by atoms with Gasteiger partial charge in [-0.1, -0.05) is 6.58 Å². The number of halogens is 2. The van der Waals surface area contributed by atoms with E-state index in [2.05, 4.69) is 11.9 Å². The zero-order chi connectivity index (χ0) is 18.6. The molecule has 2 aliphatic rings. The fraction of sp³-hybridized carbons (Fsp3) is 0.812. The first-order valence-corrected chi connectivity index (χ1v) is 11.1. The molecule has 25 heavy (non-hydrogen) atoms. The minimum absolute atomic E-state index is 0.0279. The Morgan fingerprint density at radius 3 is 2.68 bits per heavy atom. The summed E-state index contributed by atoms with van der Waals surface area (Å²) in [6.45, 7) is 4.48. The zero-order valence-corrected chi connectivity index (χ0v) is 16.4. The predicted molar refractivity (Wildman–Crippen MR) is 99.6 cm³/mol. The summed E-state index contributed by atoms with van der Waals surface area (Å²) in [4.78, 5) is 14.1. The summed E-state index contributed by atoms with van der Waals surface area (Å²) in [6, 6.07) is -0.261. The van der Waals surface area contributed by atoms with Gasteiger partial charge in [0.05, 0.1) is 29.2 Å². The molecule has 0 aromatic carbocycles. The summed E-state index contributed by atoms with van der Waals surface area (Å²) in [6.07, 6.45) is 1.85. The average Bonchev–Trinajstić information content (AvgIpc) is 2.56. The third-order valence-electron chi connectivity index (χ3n) is 4.91. The standard InChI is InChI=1S/C16H26Cl2N2O4S/c1-2-25(23,24)10-11-4-3-5-20(9-11)16(22)8-19-14-6-12(17)13(18)7-15(14)21/h2,11-15,19,21H,1,3-10H2/t11-,12?,13?,14?,15?/m0/s1. The number of carbonyl (C=O) groups is 1. The summed E-state index contributed by atoms with van der Waals surface area (Å²) < 4.78 is 23.4. The molecule has 1 saturated carbocycles. The molecule has 1 aliphatic heterocycles. The molecule has 0 bridgehead atoms. The van der Waals surface area contributed by atoms with Crippen LogP contribution in [0.4, 0.5) is 0 Å². The molecule has 0 spiro atoms. The van der Waals surface area contributed by atoms with Crippen LogP contribution in [0.15, 0.2) is 12.0 Å². The Morgan fingerprint density at radius 1 is 1.32 bits per heavy atom. The zero-order valence-electron chi connectivity index (χ0n) is 14.1. The average molecular weight is 413 g/mol. The summed E-state index contributed by atoms with van der Waals surface area (Å²) >= 11 is 12.2. The van der Waals surface area contributed by atoms with Crippen molar-refractivity contribution < 1.29 is 18.3 Å². The van der Waals surface area contributed by atoms with Gasteiger partial charge in [-0.2, -0.15) is 0 Å². The van der Waals surface area contributed by atoms with Crippen LogP contribution in [-0.4, -0.2) is 72.6 Å².